The summed E-state index contributed by atoms with van der Waals surface area (Å²) in [7, 11) is 1.85. The molecule has 0 aliphatic heterocycles. The van der Waals surface area contributed by atoms with E-state index in [9.17, 15) is 0 Å². The Bertz CT molecular complexity index is 511. The first-order valence-corrected chi connectivity index (χ1v) is 6.01. The van der Waals surface area contributed by atoms with E-state index in [0.717, 1.165) is 15.7 Å². The van der Waals surface area contributed by atoms with Crippen LogP contribution >= 0.6 is 15.9 Å². The van der Waals surface area contributed by atoms with Crippen LogP contribution < -0.4 is 10.1 Å². The molecule has 0 aliphatic carbocycles. The molecule has 0 atom stereocenters. The molecule has 1 N–H and O–H groups in total. The normalized spacial score (nSPS) is 10.5. The number of aromatic nitrogens is 1. The lowest BCUT2D eigenvalue weighted by Crippen LogP contribution is -2.04. The fourth-order valence-electron chi connectivity index (χ4n) is 1.38. The van der Waals surface area contributed by atoms with Crippen molar-refractivity contribution in [2.75, 3.05) is 7.05 Å². The predicted octanol–water partition coefficient (Wildman–Crippen LogP) is 3.26. The maximum atomic E-state index is 5.54. The molecular weight excluding hydrogens is 284 g/mol. The summed E-state index contributed by atoms with van der Waals surface area (Å²) in [4.78, 5) is 4.19. The molecule has 1 heterocycles. The highest BCUT2D eigenvalue weighted by molar-refractivity contribution is 9.10. The van der Waals surface area contributed by atoms with Gasteiger partial charge in [0.15, 0.2) is 0 Å². The molecule has 1 aromatic carbocycles. The molecule has 0 aliphatic rings. The lowest BCUT2D eigenvalue weighted by molar-refractivity contribution is 0.329. The number of benzene rings is 1. The van der Waals surface area contributed by atoms with Gasteiger partial charge in [0.05, 0.1) is 10.2 Å². The van der Waals surface area contributed by atoms with Crippen LogP contribution in [0.3, 0.4) is 0 Å². The molecule has 5 heteroatoms. The summed E-state index contributed by atoms with van der Waals surface area (Å²) in [6, 6.07) is 5.83. The minimum Gasteiger partial charge on any atom is -0.417 e. The molecule has 90 valence electrons. The van der Waals surface area contributed by atoms with Gasteiger partial charge in [0.1, 0.15) is 12.0 Å². The van der Waals surface area contributed by atoms with Crippen molar-refractivity contribution in [3.63, 3.8) is 0 Å². The van der Waals surface area contributed by atoms with Gasteiger partial charge in [0.2, 0.25) is 0 Å². The van der Waals surface area contributed by atoms with Crippen molar-refractivity contribution in [3.05, 3.63) is 40.2 Å². The molecule has 2 aromatic rings. The topological polar surface area (TPSA) is 47.3 Å². The van der Waals surface area contributed by atoms with Crippen LogP contribution in [0.4, 0.5) is 0 Å². The Labute approximate surface area is 108 Å². The van der Waals surface area contributed by atoms with Crippen molar-refractivity contribution in [1.29, 1.82) is 0 Å². The van der Waals surface area contributed by atoms with Gasteiger partial charge in [-0.3, -0.25) is 0 Å². The number of nitrogens with zero attached hydrogens (tertiary/aromatic N) is 1. The molecule has 2 rings (SSSR count). The first kappa shape index (κ1) is 12.1. The van der Waals surface area contributed by atoms with Crippen LogP contribution in [0.25, 0.3) is 0 Å². The van der Waals surface area contributed by atoms with Gasteiger partial charge in [-0.05, 0) is 47.6 Å². The van der Waals surface area contributed by atoms with Gasteiger partial charge in [0.25, 0.3) is 0 Å². The number of nitrogens with one attached hydrogen (secondary N) is 1. The van der Waals surface area contributed by atoms with E-state index in [4.69, 9.17) is 9.15 Å². The highest BCUT2D eigenvalue weighted by atomic mass is 79.9. The number of ether oxygens (including phenoxy) is 1. The van der Waals surface area contributed by atoms with Crippen molar-refractivity contribution in [2.24, 2.45) is 0 Å². The zero-order valence-electron chi connectivity index (χ0n) is 9.66. The summed E-state index contributed by atoms with van der Waals surface area (Å²) < 4.78 is 11.6. The van der Waals surface area contributed by atoms with Gasteiger partial charge in [-0.25, -0.2) is 0 Å². The molecular formula is C12H13BrN2O2. The number of hydrogen-bond donors (Lipinski definition) is 1. The van der Waals surface area contributed by atoms with Crippen LogP contribution in [-0.4, -0.2) is 12.0 Å². The third-order valence-corrected chi connectivity index (χ3v) is 2.79. The maximum absolute atomic E-state index is 5.54. The van der Waals surface area contributed by atoms with Crippen LogP contribution in [0.5, 0.6) is 11.8 Å². The molecule has 0 saturated carbocycles. The van der Waals surface area contributed by atoms with Crippen molar-refractivity contribution in [1.82, 2.24) is 10.3 Å². The molecule has 0 bridgehead atoms. The average molecular weight is 297 g/mol. The molecule has 1 aromatic heterocycles. The van der Waals surface area contributed by atoms with E-state index in [1.54, 1.807) is 6.26 Å². The zero-order chi connectivity index (χ0) is 12.3. The first-order valence-electron chi connectivity index (χ1n) is 5.22. The molecule has 0 saturated heterocycles. The van der Waals surface area contributed by atoms with E-state index in [0.29, 0.717) is 12.3 Å². The third kappa shape index (κ3) is 3.08. The molecule has 0 unspecified atom stereocenters. The number of hydrogen-bond acceptors (Lipinski definition) is 4. The van der Waals surface area contributed by atoms with Crippen LogP contribution in [-0.2, 0) is 6.54 Å². The molecule has 0 spiro atoms. The SMILES string of the molecule is CNCc1coc(Oc2ccc(C)cc2Br)n1. The minimum absolute atomic E-state index is 0.250. The fourth-order valence-corrected chi connectivity index (χ4v) is 1.95. The second kappa shape index (κ2) is 5.33. The van der Waals surface area contributed by atoms with Crippen molar-refractivity contribution >= 4 is 15.9 Å². The summed E-state index contributed by atoms with van der Waals surface area (Å²) in [5, 5.41) is 2.99. The number of halogens is 1. The van der Waals surface area contributed by atoms with Gasteiger partial charge < -0.3 is 14.5 Å². The molecule has 0 amide bonds. The Kier molecular flexibility index (Phi) is 3.81. The summed E-state index contributed by atoms with van der Waals surface area (Å²) >= 11 is 3.44. The maximum Gasteiger partial charge on any atom is 0.399 e. The lowest BCUT2D eigenvalue weighted by Gasteiger charge is -2.03. The van der Waals surface area contributed by atoms with Crippen LogP contribution in [0, 0.1) is 6.92 Å². The van der Waals surface area contributed by atoms with Gasteiger partial charge in [0, 0.05) is 6.54 Å². The summed E-state index contributed by atoms with van der Waals surface area (Å²) in [5.74, 6) is 0.688. The quantitative estimate of drug-likeness (QED) is 0.941. The van der Waals surface area contributed by atoms with Gasteiger partial charge >= 0.3 is 6.08 Å². The van der Waals surface area contributed by atoms with Crippen molar-refractivity contribution in [3.8, 4) is 11.8 Å². The predicted molar refractivity (Wildman–Crippen MR) is 68.2 cm³/mol. The summed E-state index contributed by atoms with van der Waals surface area (Å²) in [6.07, 6.45) is 1.83. The van der Waals surface area contributed by atoms with Gasteiger partial charge in [-0.1, -0.05) is 6.07 Å². The van der Waals surface area contributed by atoms with Gasteiger partial charge in [-0.2, -0.15) is 4.98 Å². The lowest BCUT2D eigenvalue weighted by atomic mass is 10.2. The first-order chi connectivity index (χ1) is 8.19. The number of aryl methyl sites for hydroxylation is 1. The highest BCUT2D eigenvalue weighted by Crippen LogP contribution is 2.29. The Morgan fingerprint density at radius 1 is 1.47 bits per heavy atom. The smallest absolute Gasteiger partial charge is 0.399 e. The summed E-state index contributed by atoms with van der Waals surface area (Å²) in [5.41, 5.74) is 1.97. The molecule has 17 heavy (non-hydrogen) atoms. The Morgan fingerprint density at radius 2 is 2.29 bits per heavy atom. The fraction of sp³-hybridized carbons (Fsp3) is 0.250. The van der Waals surface area contributed by atoms with E-state index >= 15 is 0 Å². The Morgan fingerprint density at radius 3 is 3.00 bits per heavy atom. The van der Waals surface area contributed by atoms with E-state index in [1.165, 1.54) is 0 Å². The Balaban J connectivity index is 2.13. The minimum atomic E-state index is 0.250. The third-order valence-electron chi connectivity index (χ3n) is 2.17. The number of rotatable bonds is 4. The monoisotopic (exact) mass is 296 g/mol. The molecule has 0 radical (unpaired) electrons. The zero-order valence-corrected chi connectivity index (χ0v) is 11.2. The van der Waals surface area contributed by atoms with E-state index in [1.807, 2.05) is 32.2 Å². The van der Waals surface area contributed by atoms with Crippen LogP contribution in [0.1, 0.15) is 11.3 Å². The molecule has 0 fully saturated rings. The van der Waals surface area contributed by atoms with Crippen molar-refractivity contribution in [2.45, 2.75) is 13.5 Å². The number of oxazole rings is 1. The standard InChI is InChI=1S/C12H13BrN2O2/c1-8-3-4-11(10(13)5-8)17-12-15-9(6-14-2)7-16-12/h3-5,7,14H,6H2,1-2H3. The van der Waals surface area contributed by atoms with E-state index in [2.05, 4.69) is 26.2 Å². The highest BCUT2D eigenvalue weighted by Gasteiger charge is 2.08. The van der Waals surface area contributed by atoms with E-state index in [-0.39, 0.29) is 6.08 Å². The Hall–Kier alpha value is -1.33. The second-order valence-corrected chi connectivity index (χ2v) is 4.53. The van der Waals surface area contributed by atoms with Crippen LogP contribution in [0.15, 0.2) is 33.4 Å². The van der Waals surface area contributed by atoms with E-state index < -0.39 is 0 Å². The summed E-state index contributed by atoms with van der Waals surface area (Å²) in [6.45, 7) is 2.67. The van der Waals surface area contributed by atoms with Crippen molar-refractivity contribution < 1.29 is 9.15 Å². The molecule has 4 nitrogen and oxygen atoms in total. The van der Waals surface area contributed by atoms with Gasteiger partial charge in [-0.15, -0.1) is 0 Å². The second-order valence-electron chi connectivity index (χ2n) is 3.67. The average Bonchev–Trinajstić information content (AvgIpc) is 2.71. The largest absolute Gasteiger partial charge is 0.417 e. The van der Waals surface area contributed by atoms with Crippen LogP contribution in [0.2, 0.25) is 0 Å².